The van der Waals surface area contributed by atoms with E-state index in [1.807, 2.05) is 0 Å². The molecule has 0 bridgehead atoms. The van der Waals surface area contributed by atoms with E-state index in [9.17, 15) is 18.8 Å². The van der Waals surface area contributed by atoms with Crippen molar-refractivity contribution >= 4 is 46.7 Å². The number of imide groups is 1. The Bertz CT molecular complexity index is 1070. The smallest absolute Gasteiger partial charge is 0.293 e. The first kappa shape index (κ1) is 22.5. The van der Waals surface area contributed by atoms with Crippen LogP contribution in [-0.4, -0.2) is 55.6 Å². The molecule has 0 aliphatic carbocycles. The van der Waals surface area contributed by atoms with Gasteiger partial charge in [-0.15, -0.1) is 10.2 Å². The average molecular weight is 476 g/mol. The van der Waals surface area contributed by atoms with Crippen molar-refractivity contribution in [3.05, 3.63) is 46.4 Å². The molecule has 1 saturated heterocycles. The molecule has 11 heteroatoms. The van der Waals surface area contributed by atoms with Gasteiger partial charge in [-0.2, -0.15) is 0 Å². The molecule has 0 radical (unpaired) electrons. The number of nitrogens with zero attached hydrogens (tertiary/aromatic N) is 4. The van der Waals surface area contributed by atoms with Crippen LogP contribution in [-0.2, 0) is 22.6 Å². The first-order chi connectivity index (χ1) is 15.5. The zero-order valence-electron chi connectivity index (χ0n) is 17.3. The number of halogens is 1. The molecule has 3 amide bonds. The second-order valence-electron chi connectivity index (χ2n) is 7.35. The fourth-order valence-electron chi connectivity index (χ4n) is 3.48. The number of benzene rings is 1. The third kappa shape index (κ3) is 5.21. The summed E-state index contributed by atoms with van der Waals surface area (Å²) < 4.78 is 15.9. The molecule has 1 N–H and O–H groups in total. The summed E-state index contributed by atoms with van der Waals surface area (Å²) in [7, 11) is 0. The Kier molecular flexibility index (Phi) is 7.26. The van der Waals surface area contributed by atoms with Gasteiger partial charge in [0.05, 0.1) is 10.7 Å². The molecule has 1 aromatic heterocycles. The van der Waals surface area contributed by atoms with Crippen molar-refractivity contribution in [2.75, 3.05) is 18.8 Å². The van der Waals surface area contributed by atoms with Gasteiger partial charge in [0.2, 0.25) is 5.91 Å². The molecule has 2 aliphatic rings. The van der Waals surface area contributed by atoms with Crippen LogP contribution in [0.15, 0.2) is 34.3 Å². The number of amides is 3. The van der Waals surface area contributed by atoms with Crippen LogP contribution in [0.4, 0.5) is 9.18 Å². The van der Waals surface area contributed by atoms with Gasteiger partial charge >= 0.3 is 0 Å². The number of fused-ring (bicyclic) bond motifs is 1. The molecule has 2 aromatic rings. The van der Waals surface area contributed by atoms with E-state index in [0.717, 1.165) is 59.9 Å². The molecular formula is C21H22FN5O3S2. The number of hydrogen-bond donors (Lipinski definition) is 1. The monoisotopic (exact) mass is 475 g/mol. The summed E-state index contributed by atoms with van der Waals surface area (Å²) in [5, 5.41) is 11.4. The number of aromatic nitrogens is 3. The first-order valence-electron chi connectivity index (χ1n) is 10.3. The van der Waals surface area contributed by atoms with E-state index in [4.69, 9.17) is 0 Å². The third-order valence-electron chi connectivity index (χ3n) is 5.13. The lowest BCUT2D eigenvalue weighted by atomic mass is 10.2. The molecule has 3 heterocycles. The molecule has 168 valence electrons. The zero-order valence-corrected chi connectivity index (χ0v) is 18.9. The second-order valence-corrected chi connectivity index (χ2v) is 9.29. The molecule has 32 heavy (non-hydrogen) atoms. The molecule has 1 aromatic carbocycles. The normalized spacial score (nSPS) is 17.5. The number of aryl methyl sites for hydroxylation is 1. The van der Waals surface area contributed by atoms with Gasteiger partial charge in [0.15, 0.2) is 5.16 Å². The number of nitrogens with one attached hydrogen (secondary N) is 1. The predicted octanol–water partition coefficient (Wildman–Crippen LogP) is 3.09. The van der Waals surface area contributed by atoms with Crippen LogP contribution in [0, 0.1) is 5.82 Å². The molecule has 0 saturated carbocycles. The number of thioether (sulfide) groups is 2. The molecule has 0 spiro atoms. The average Bonchev–Trinajstić information content (AvgIpc) is 3.17. The highest BCUT2D eigenvalue weighted by Gasteiger charge is 2.34. The Morgan fingerprint density at radius 3 is 2.91 bits per heavy atom. The van der Waals surface area contributed by atoms with E-state index in [2.05, 4.69) is 20.1 Å². The van der Waals surface area contributed by atoms with Crippen LogP contribution in [0.25, 0.3) is 6.08 Å². The van der Waals surface area contributed by atoms with Gasteiger partial charge in [-0.3, -0.25) is 19.3 Å². The van der Waals surface area contributed by atoms with Crippen molar-refractivity contribution in [3.63, 3.8) is 0 Å². The van der Waals surface area contributed by atoms with E-state index < -0.39 is 17.0 Å². The Hall–Kier alpha value is -2.66. The van der Waals surface area contributed by atoms with Crippen molar-refractivity contribution in [1.29, 1.82) is 0 Å². The minimum atomic E-state index is -0.488. The summed E-state index contributed by atoms with van der Waals surface area (Å²) in [6, 6.07) is 6.04. The Labute approximate surface area is 193 Å². The van der Waals surface area contributed by atoms with Crippen molar-refractivity contribution in [1.82, 2.24) is 25.0 Å². The topological polar surface area (TPSA) is 97.2 Å². The largest absolute Gasteiger partial charge is 0.354 e. The van der Waals surface area contributed by atoms with Gasteiger partial charge in [-0.05, 0) is 36.7 Å². The SMILES string of the molecule is O=C(CSc1nnc2n1CCCCC2)NCCN1C(=O)SC(=Cc2ccccc2F)C1=O. The molecular weight excluding hydrogens is 453 g/mol. The lowest BCUT2D eigenvalue weighted by Crippen LogP contribution is -2.37. The van der Waals surface area contributed by atoms with Crippen LogP contribution in [0.3, 0.4) is 0 Å². The Morgan fingerprint density at radius 2 is 2.06 bits per heavy atom. The highest BCUT2D eigenvalue weighted by Crippen LogP contribution is 2.32. The van der Waals surface area contributed by atoms with E-state index in [-0.39, 0.29) is 35.2 Å². The van der Waals surface area contributed by atoms with Crippen molar-refractivity contribution in [3.8, 4) is 0 Å². The van der Waals surface area contributed by atoms with Crippen LogP contribution in [0.1, 0.15) is 30.7 Å². The summed E-state index contributed by atoms with van der Waals surface area (Å²) in [5.41, 5.74) is 0.245. The maximum atomic E-state index is 13.8. The molecule has 2 aliphatic heterocycles. The van der Waals surface area contributed by atoms with E-state index in [1.165, 1.54) is 30.0 Å². The number of carbonyl (C=O) groups is 3. The van der Waals surface area contributed by atoms with Gasteiger partial charge in [-0.1, -0.05) is 36.4 Å². The van der Waals surface area contributed by atoms with Crippen LogP contribution in [0.2, 0.25) is 0 Å². The van der Waals surface area contributed by atoms with Crippen LogP contribution >= 0.6 is 23.5 Å². The quantitative estimate of drug-likeness (QED) is 0.485. The predicted molar refractivity (Wildman–Crippen MR) is 120 cm³/mol. The number of hydrogen-bond acceptors (Lipinski definition) is 7. The highest BCUT2D eigenvalue weighted by atomic mass is 32.2. The summed E-state index contributed by atoms with van der Waals surface area (Å²) >= 11 is 2.09. The Balaban J connectivity index is 1.26. The summed E-state index contributed by atoms with van der Waals surface area (Å²) in [5.74, 6) is -0.0255. The number of carbonyl (C=O) groups excluding carboxylic acids is 3. The molecule has 0 unspecified atom stereocenters. The first-order valence-corrected chi connectivity index (χ1v) is 12.1. The van der Waals surface area contributed by atoms with Crippen molar-refractivity contribution in [2.45, 2.75) is 37.4 Å². The van der Waals surface area contributed by atoms with Crippen molar-refractivity contribution in [2.24, 2.45) is 0 Å². The minimum Gasteiger partial charge on any atom is -0.354 e. The van der Waals surface area contributed by atoms with E-state index in [1.54, 1.807) is 12.1 Å². The van der Waals surface area contributed by atoms with E-state index >= 15 is 0 Å². The maximum Gasteiger partial charge on any atom is 0.293 e. The molecule has 4 rings (SSSR count). The summed E-state index contributed by atoms with van der Waals surface area (Å²) in [4.78, 5) is 38.1. The molecule has 1 fully saturated rings. The van der Waals surface area contributed by atoms with Crippen molar-refractivity contribution < 1.29 is 18.8 Å². The van der Waals surface area contributed by atoms with Gasteiger partial charge in [0, 0.05) is 31.6 Å². The Morgan fingerprint density at radius 1 is 1.22 bits per heavy atom. The second kappa shape index (κ2) is 10.3. The maximum absolute atomic E-state index is 13.8. The zero-order chi connectivity index (χ0) is 22.5. The van der Waals surface area contributed by atoms with Crippen LogP contribution < -0.4 is 5.32 Å². The minimum absolute atomic E-state index is 0.0516. The fraction of sp³-hybridized carbons (Fsp3) is 0.381. The van der Waals surface area contributed by atoms with Gasteiger partial charge in [0.1, 0.15) is 11.6 Å². The molecule has 8 nitrogen and oxygen atoms in total. The number of rotatable bonds is 7. The van der Waals surface area contributed by atoms with Gasteiger partial charge in [-0.25, -0.2) is 4.39 Å². The van der Waals surface area contributed by atoms with Gasteiger partial charge in [0.25, 0.3) is 11.1 Å². The van der Waals surface area contributed by atoms with E-state index in [0.29, 0.717) is 0 Å². The summed E-state index contributed by atoms with van der Waals surface area (Å²) in [6.45, 7) is 1.06. The lowest BCUT2D eigenvalue weighted by molar-refractivity contribution is -0.123. The molecule has 0 atom stereocenters. The lowest BCUT2D eigenvalue weighted by Gasteiger charge is -2.13. The van der Waals surface area contributed by atoms with Crippen LogP contribution in [0.5, 0.6) is 0 Å². The third-order valence-corrected chi connectivity index (χ3v) is 7.01. The standard InChI is InChI=1S/C21H22FN5O3S2/c22-15-7-4-3-6-14(15)12-16-19(29)27(21(30)32-16)11-9-23-18(28)13-31-20-25-24-17-8-2-1-5-10-26(17)20/h3-4,6-7,12H,1-2,5,8-11,13H2,(H,23,28). The summed E-state index contributed by atoms with van der Waals surface area (Å²) in [6.07, 6.45) is 5.62. The van der Waals surface area contributed by atoms with Gasteiger partial charge < -0.3 is 9.88 Å². The fourth-order valence-corrected chi connectivity index (χ4v) is 5.15. The highest BCUT2D eigenvalue weighted by molar-refractivity contribution is 8.18.